The minimum absolute atomic E-state index is 0.171. The molecule has 2 saturated carbocycles. The van der Waals surface area contributed by atoms with Gasteiger partial charge in [0.25, 0.3) is 0 Å². The number of carbonyl (C=O) groups excluding carboxylic acids is 1. The fourth-order valence-corrected chi connectivity index (χ4v) is 3.01. The molecule has 2 fully saturated rings. The highest BCUT2D eigenvalue weighted by Gasteiger charge is 2.30. The molecular weight excluding hydrogens is 266 g/mol. The zero-order valence-electron chi connectivity index (χ0n) is 10.5. The Hall–Kier alpha value is -1.28. The lowest BCUT2D eigenvalue weighted by molar-refractivity contribution is -0.119. The Bertz CT molecular complexity index is 531. The van der Waals surface area contributed by atoms with Gasteiger partial charge in [0.15, 0.2) is 5.16 Å². The highest BCUT2D eigenvalue weighted by atomic mass is 32.2. The first-order valence-corrected chi connectivity index (χ1v) is 7.49. The second-order valence-electron chi connectivity index (χ2n) is 5.12. The Kier molecular flexibility index (Phi) is 3.36. The molecule has 0 saturated heterocycles. The third-order valence-electron chi connectivity index (χ3n) is 3.32. The van der Waals surface area contributed by atoms with Crippen molar-refractivity contribution in [3.63, 3.8) is 0 Å². The van der Waals surface area contributed by atoms with Crippen molar-refractivity contribution < 1.29 is 4.79 Å². The van der Waals surface area contributed by atoms with Gasteiger partial charge in [0, 0.05) is 17.8 Å². The van der Waals surface area contributed by atoms with Gasteiger partial charge in [0.05, 0.1) is 6.04 Å². The van der Waals surface area contributed by atoms with E-state index in [4.69, 9.17) is 5.73 Å². The number of carbonyl (C=O) groups is 1. The molecule has 1 amide bonds. The van der Waals surface area contributed by atoms with E-state index in [1.807, 2.05) is 0 Å². The van der Waals surface area contributed by atoms with Gasteiger partial charge in [0.2, 0.25) is 5.91 Å². The van der Waals surface area contributed by atoms with Crippen LogP contribution in [0, 0.1) is 0 Å². The Balaban J connectivity index is 1.63. The zero-order chi connectivity index (χ0) is 13.4. The molecule has 0 aromatic carbocycles. The van der Waals surface area contributed by atoms with Crippen LogP contribution >= 0.6 is 11.8 Å². The van der Waals surface area contributed by atoms with Gasteiger partial charge in [-0.15, -0.1) is 5.10 Å². The minimum Gasteiger partial charge on any atom is -0.368 e. The van der Waals surface area contributed by atoms with E-state index >= 15 is 0 Å². The summed E-state index contributed by atoms with van der Waals surface area (Å²) in [6.45, 7) is 0. The van der Waals surface area contributed by atoms with E-state index in [0.717, 1.165) is 25.7 Å². The smallest absolute Gasteiger partial charge is 0.344 e. The van der Waals surface area contributed by atoms with Gasteiger partial charge >= 0.3 is 5.69 Å². The molecule has 104 valence electrons. The van der Waals surface area contributed by atoms with Crippen molar-refractivity contribution in [2.24, 2.45) is 5.73 Å². The summed E-state index contributed by atoms with van der Waals surface area (Å²) in [5, 5.41) is 10.3. The lowest BCUT2D eigenvalue weighted by atomic mass is 10.3. The molecule has 1 atom stereocenters. The number of primary amides is 1. The second-order valence-corrected chi connectivity index (χ2v) is 6.11. The molecule has 8 heteroatoms. The fourth-order valence-electron chi connectivity index (χ4n) is 1.95. The Morgan fingerprint density at radius 3 is 2.84 bits per heavy atom. The molecule has 4 N–H and O–H groups in total. The lowest BCUT2D eigenvalue weighted by Crippen LogP contribution is -2.44. The fraction of sp³-hybridized carbons (Fsp3) is 0.727. The normalized spacial score (nSPS) is 20.4. The number of nitrogens with one attached hydrogen (secondary N) is 2. The second kappa shape index (κ2) is 5.01. The SMILES string of the molecule is NC(=O)C(CSc1n[nH]c(=O)n1C1CC1)NC1CC1. The van der Waals surface area contributed by atoms with Crippen LogP contribution in [0.5, 0.6) is 0 Å². The van der Waals surface area contributed by atoms with Crippen LogP contribution in [-0.4, -0.2) is 38.5 Å². The summed E-state index contributed by atoms with van der Waals surface area (Å²) in [6.07, 6.45) is 4.24. The van der Waals surface area contributed by atoms with Gasteiger partial charge < -0.3 is 11.1 Å². The van der Waals surface area contributed by atoms with Crippen LogP contribution in [0.2, 0.25) is 0 Å². The highest BCUT2D eigenvalue weighted by molar-refractivity contribution is 7.99. The van der Waals surface area contributed by atoms with Crippen LogP contribution in [0.25, 0.3) is 0 Å². The molecule has 7 nitrogen and oxygen atoms in total. The van der Waals surface area contributed by atoms with E-state index in [-0.39, 0.29) is 23.7 Å². The summed E-state index contributed by atoms with van der Waals surface area (Å²) in [6, 6.07) is 0.331. The van der Waals surface area contributed by atoms with Crippen LogP contribution in [0.3, 0.4) is 0 Å². The topological polar surface area (TPSA) is 106 Å². The Morgan fingerprint density at radius 2 is 2.26 bits per heavy atom. The van der Waals surface area contributed by atoms with Crippen molar-refractivity contribution >= 4 is 17.7 Å². The summed E-state index contributed by atoms with van der Waals surface area (Å²) in [5.41, 5.74) is 5.21. The maximum Gasteiger partial charge on any atom is 0.344 e. The van der Waals surface area contributed by atoms with Crippen LogP contribution in [0.15, 0.2) is 9.95 Å². The first-order chi connectivity index (χ1) is 9.15. The average molecular weight is 283 g/mol. The molecule has 1 heterocycles. The van der Waals surface area contributed by atoms with E-state index in [2.05, 4.69) is 15.5 Å². The number of hydrogen-bond acceptors (Lipinski definition) is 5. The molecule has 0 radical (unpaired) electrons. The zero-order valence-corrected chi connectivity index (χ0v) is 11.3. The number of thioether (sulfide) groups is 1. The minimum atomic E-state index is -0.364. The third-order valence-corrected chi connectivity index (χ3v) is 4.37. The molecule has 0 spiro atoms. The number of H-pyrrole nitrogens is 1. The van der Waals surface area contributed by atoms with Gasteiger partial charge in [-0.3, -0.25) is 9.36 Å². The van der Waals surface area contributed by atoms with Gasteiger partial charge in [-0.05, 0) is 25.7 Å². The van der Waals surface area contributed by atoms with Crippen molar-refractivity contribution in [3.05, 3.63) is 10.5 Å². The number of amides is 1. The predicted octanol–water partition coefficient (Wildman–Crippen LogP) is -0.396. The maximum atomic E-state index is 11.6. The van der Waals surface area contributed by atoms with Crippen molar-refractivity contribution in [2.45, 2.75) is 49.0 Å². The van der Waals surface area contributed by atoms with Crippen LogP contribution in [0.1, 0.15) is 31.7 Å². The molecular formula is C11H17N5O2S. The van der Waals surface area contributed by atoms with Crippen molar-refractivity contribution in [1.29, 1.82) is 0 Å². The van der Waals surface area contributed by atoms with Crippen molar-refractivity contribution in [2.75, 3.05) is 5.75 Å². The molecule has 3 rings (SSSR count). The number of hydrogen-bond donors (Lipinski definition) is 3. The van der Waals surface area contributed by atoms with E-state index < -0.39 is 0 Å². The molecule has 1 aromatic rings. The number of aromatic amines is 1. The highest BCUT2D eigenvalue weighted by Crippen LogP contribution is 2.36. The monoisotopic (exact) mass is 283 g/mol. The Labute approximate surface area is 114 Å². The predicted molar refractivity (Wildman–Crippen MR) is 71.0 cm³/mol. The molecule has 1 aromatic heterocycles. The maximum absolute atomic E-state index is 11.6. The lowest BCUT2D eigenvalue weighted by Gasteiger charge is -2.14. The molecule has 0 aliphatic heterocycles. The van der Waals surface area contributed by atoms with Crippen molar-refractivity contribution in [3.8, 4) is 0 Å². The van der Waals surface area contributed by atoms with Crippen LogP contribution in [0.4, 0.5) is 0 Å². The molecule has 2 aliphatic rings. The van der Waals surface area contributed by atoms with E-state index in [0.29, 0.717) is 17.0 Å². The first-order valence-electron chi connectivity index (χ1n) is 6.50. The summed E-state index contributed by atoms with van der Waals surface area (Å²) in [5.74, 6) is 0.151. The first kappa shape index (κ1) is 12.7. The number of aromatic nitrogens is 3. The molecule has 19 heavy (non-hydrogen) atoms. The summed E-state index contributed by atoms with van der Waals surface area (Å²) >= 11 is 1.40. The number of nitrogens with two attached hydrogens (primary N) is 1. The van der Waals surface area contributed by atoms with Crippen molar-refractivity contribution in [1.82, 2.24) is 20.1 Å². The molecule has 2 aliphatic carbocycles. The van der Waals surface area contributed by atoms with Gasteiger partial charge in [-0.2, -0.15) is 0 Å². The van der Waals surface area contributed by atoms with Gasteiger partial charge in [0.1, 0.15) is 0 Å². The number of nitrogens with zero attached hydrogens (tertiary/aromatic N) is 2. The van der Waals surface area contributed by atoms with E-state index in [1.54, 1.807) is 4.57 Å². The summed E-state index contributed by atoms with van der Waals surface area (Å²) in [4.78, 5) is 23.0. The van der Waals surface area contributed by atoms with Gasteiger partial charge in [-0.25, -0.2) is 9.89 Å². The van der Waals surface area contributed by atoms with E-state index in [9.17, 15) is 9.59 Å². The summed E-state index contributed by atoms with van der Waals surface area (Å²) < 4.78 is 1.68. The largest absolute Gasteiger partial charge is 0.368 e. The van der Waals surface area contributed by atoms with Gasteiger partial charge in [-0.1, -0.05) is 11.8 Å². The molecule has 1 unspecified atom stereocenters. The van der Waals surface area contributed by atoms with E-state index in [1.165, 1.54) is 11.8 Å². The average Bonchev–Trinajstić information content (AvgIpc) is 3.26. The Morgan fingerprint density at radius 1 is 1.53 bits per heavy atom. The quantitative estimate of drug-likeness (QED) is 0.591. The molecule has 0 bridgehead atoms. The van der Waals surface area contributed by atoms with Crippen LogP contribution in [-0.2, 0) is 4.79 Å². The number of rotatable bonds is 7. The van der Waals surface area contributed by atoms with Crippen LogP contribution < -0.4 is 16.7 Å². The standard InChI is InChI=1S/C11H17N5O2S/c12-9(17)8(13-6-1-2-6)5-19-11-15-14-10(18)16(11)7-3-4-7/h6-8,13H,1-5H2,(H2,12,17)(H,14,18). The third kappa shape index (κ3) is 3.01. The summed E-state index contributed by atoms with van der Waals surface area (Å²) in [7, 11) is 0.